The van der Waals surface area contributed by atoms with Gasteiger partial charge in [0.1, 0.15) is 6.54 Å². The number of amides is 1. The highest BCUT2D eigenvalue weighted by Gasteiger charge is 2.20. The average Bonchev–Trinajstić information content (AvgIpc) is 3.17. The van der Waals surface area contributed by atoms with Crippen molar-refractivity contribution in [3.63, 3.8) is 0 Å². The lowest BCUT2D eigenvalue weighted by Gasteiger charge is -2.16. The van der Waals surface area contributed by atoms with Crippen LogP contribution in [0, 0.1) is 11.8 Å². The van der Waals surface area contributed by atoms with E-state index in [1.165, 1.54) is 103 Å². The minimum atomic E-state index is -0.426. The molecule has 0 aliphatic rings. The van der Waals surface area contributed by atoms with Gasteiger partial charge >= 0.3 is 17.9 Å². The molecule has 2 unspecified atom stereocenters. The minimum absolute atomic E-state index is 0.0114. The SMILES string of the molecule is CCCCCCCCC(CCCCCC)C(=O)OCCCCCCOC(=O)CNC(=O)CCCCCOC(=O)C(CCCCCC)CCCCCCCC. The highest BCUT2D eigenvalue weighted by Crippen LogP contribution is 2.22. The van der Waals surface area contributed by atoms with Crippen LogP contribution in [0.15, 0.2) is 0 Å². The molecule has 0 radical (unpaired) electrons. The molecule has 0 aliphatic carbocycles. The monoisotopic (exact) mass is 766 g/mol. The predicted molar refractivity (Wildman–Crippen MR) is 223 cm³/mol. The topological polar surface area (TPSA) is 108 Å². The number of carbonyl (C=O) groups is 4. The van der Waals surface area contributed by atoms with Crippen LogP contribution in [-0.2, 0) is 33.4 Å². The Morgan fingerprint density at radius 3 is 1.11 bits per heavy atom. The first kappa shape index (κ1) is 51.9. The first-order valence-electron chi connectivity index (χ1n) is 23.1. The predicted octanol–water partition coefficient (Wildman–Crippen LogP) is 12.5. The third kappa shape index (κ3) is 34.4. The maximum atomic E-state index is 12.8. The second kappa shape index (κ2) is 40.5. The van der Waals surface area contributed by atoms with Crippen LogP contribution in [0.3, 0.4) is 0 Å². The molecule has 0 aliphatic heterocycles. The van der Waals surface area contributed by atoms with Gasteiger partial charge in [0.15, 0.2) is 0 Å². The van der Waals surface area contributed by atoms with E-state index < -0.39 is 5.97 Å². The Morgan fingerprint density at radius 2 is 0.704 bits per heavy atom. The molecule has 1 amide bonds. The van der Waals surface area contributed by atoms with E-state index in [0.29, 0.717) is 32.7 Å². The zero-order valence-corrected chi connectivity index (χ0v) is 36.0. The van der Waals surface area contributed by atoms with Crippen molar-refractivity contribution < 1.29 is 33.4 Å². The van der Waals surface area contributed by atoms with Crippen molar-refractivity contribution in [3.8, 4) is 0 Å². The number of esters is 3. The Hall–Kier alpha value is -2.12. The van der Waals surface area contributed by atoms with Crippen LogP contribution in [0.5, 0.6) is 0 Å². The summed E-state index contributed by atoms with van der Waals surface area (Å²) in [7, 11) is 0. The normalized spacial score (nSPS) is 12.3. The van der Waals surface area contributed by atoms with Gasteiger partial charge < -0.3 is 19.5 Å². The number of unbranched alkanes of at least 4 members (excludes halogenated alkanes) is 21. The van der Waals surface area contributed by atoms with Gasteiger partial charge in [-0.2, -0.15) is 0 Å². The number of hydrogen-bond donors (Lipinski definition) is 1. The van der Waals surface area contributed by atoms with E-state index in [1.807, 2.05) is 0 Å². The highest BCUT2D eigenvalue weighted by atomic mass is 16.5. The van der Waals surface area contributed by atoms with Crippen molar-refractivity contribution >= 4 is 23.8 Å². The van der Waals surface area contributed by atoms with Crippen LogP contribution < -0.4 is 5.32 Å². The summed E-state index contributed by atoms with van der Waals surface area (Å²) in [6.45, 7) is 9.93. The molecule has 54 heavy (non-hydrogen) atoms. The molecule has 0 aromatic carbocycles. The molecule has 0 saturated carbocycles. The smallest absolute Gasteiger partial charge is 0.325 e. The summed E-state index contributed by atoms with van der Waals surface area (Å²) in [5, 5.41) is 2.65. The minimum Gasteiger partial charge on any atom is -0.465 e. The zero-order valence-electron chi connectivity index (χ0n) is 36.0. The van der Waals surface area contributed by atoms with E-state index >= 15 is 0 Å². The third-order valence-corrected chi connectivity index (χ3v) is 10.6. The van der Waals surface area contributed by atoms with Gasteiger partial charge in [-0.25, -0.2) is 0 Å². The Balaban J connectivity index is 4.01. The van der Waals surface area contributed by atoms with Gasteiger partial charge in [-0.15, -0.1) is 0 Å². The van der Waals surface area contributed by atoms with E-state index in [1.54, 1.807) is 0 Å². The molecule has 0 aromatic heterocycles. The summed E-state index contributed by atoms with van der Waals surface area (Å²) in [6, 6.07) is 0. The van der Waals surface area contributed by atoms with Crippen molar-refractivity contribution in [2.45, 2.75) is 233 Å². The van der Waals surface area contributed by atoms with E-state index in [-0.39, 0.29) is 36.2 Å². The molecule has 0 heterocycles. The second-order valence-corrected chi connectivity index (χ2v) is 15.8. The number of nitrogens with one attached hydrogen (secondary N) is 1. The lowest BCUT2D eigenvalue weighted by molar-refractivity contribution is -0.150. The molecular formula is C46H87NO7. The van der Waals surface area contributed by atoms with Crippen LogP contribution in [0.25, 0.3) is 0 Å². The number of ether oxygens (including phenoxy) is 3. The fourth-order valence-corrected chi connectivity index (χ4v) is 6.94. The fourth-order valence-electron chi connectivity index (χ4n) is 6.94. The van der Waals surface area contributed by atoms with E-state index in [0.717, 1.165) is 89.9 Å². The van der Waals surface area contributed by atoms with Gasteiger partial charge in [0.05, 0.1) is 31.7 Å². The van der Waals surface area contributed by atoms with E-state index in [4.69, 9.17) is 14.2 Å². The summed E-state index contributed by atoms with van der Waals surface area (Å²) in [4.78, 5) is 49.9. The maximum absolute atomic E-state index is 12.8. The van der Waals surface area contributed by atoms with Crippen molar-refractivity contribution in [1.29, 1.82) is 0 Å². The summed E-state index contributed by atoms with van der Waals surface area (Å²) in [5.41, 5.74) is 0. The number of hydrogen-bond acceptors (Lipinski definition) is 7. The molecule has 8 nitrogen and oxygen atoms in total. The maximum Gasteiger partial charge on any atom is 0.325 e. The summed E-state index contributed by atoms with van der Waals surface area (Å²) in [6.07, 6.45) is 33.8. The van der Waals surface area contributed by atoms with Gasteiger partial charge in [0.2, 0.25) is 5.91 Å². The van der Waals surface area contributed by atoms with Crippen LogP contribution in [0.4, 0.5) is 0 Å². The Labute approximate surface area is 333 Å². The lowest BCUT2D eigenvalue weighted by atomic mass is 9.94. The van der Waals surface area contributed by atoms with Gasteiger partial charge in [-0.05, 0) is 70.6 Å². The van der Waals surface area contributed by atoms with E-state index in [9.17, 15) is 19.2 Å². The lowest BCUT2D eigenvalue weighted by Crippen LogP contribution is -2.30. The van der Waals surface area contributed by atoms with Gasteiger partial charge in [-0.3, -0.25) is 19.2 Å². The molecule has 0 spiro atoms. The van der Waals surface area contributed by atoms with Crippen molar-refractivity contribution in [1.82, 2.24) is 5.32 Å². The molecule has 1 N–H and O–H groups in total. The Bertz CT molecular complexity index is 879. The van der Waals surface area contributed by atoms with Gasteiger partial charge in [0.25, 0.3) is 0 Å². The molecule has 318 valence electrons. The number of carbonyl (C=O) groups excluding carboxylic acids is 4. The quantitative estimate of drug-likeness (QED) is 0.0375. The van der Waals surface area contributed by atoms with Gasteiger partial charge in [0, 0.05) is 6.42 Å². The van der Waals surface area contributed by atoms with Crippen LogP contribution in [-0.4, -0.2) is 50.2 Å². The fraction of sp³-hybridized carbons (Fsp3) is 0.913. The Kier molecular flexibility index (Phi) is 38.9. The molecule has 0 aromatic rings. The van der Waals surface area contributed by atoms with Crippen LogP contribution in [0.1, 0.15) is 233 Å². The summed E-state index contributed by atoms with van der Waals surface area (Å²) in [5.74, 6) is -0.617. The van der Waals surface area contributed by atoms with E-state index in [2.05, 4.69) is 33.0 Å². The molecule has 2 atom stereocenters. The van der Waals surface area contributed by atoms with Gasteiger partial charge in [-0.1, -0.05) is 156 Å². The van der Waals surface area contributed by atoms with Crippen molar-refractivity contribution in [2.24, 2.45) is 11.8 Å². The van der Waals surface area contributed by atoms with Crippen LogP contribution in [0.2, 0.25) is 0 Å². The second-order valence-electron chi connectivity index (χ2n) is 15.8. The first-order chi connectivity index (χ1) is 26.4. The molecule has 0 fully saturated rings. The molecule has 0 saturated heterocycles. The van der Waals surface area contributed by atoms with Crippen molar-refractivity contribution in [2.75, 3.05) is 26.4 Å². The zero-order chi connectivity index (χ0) is 39.7. The largest absolute Gasteiger partial charge is 0.465 e. The molecule has 0 rings (SSSR count). The molecule has 8 heteroatoms. The Morgan fingerprint density at radius 1 is 0.389 bits per heavy atom. The summed E-state index contributed by atoms with van der Waals surface area (Å²) < 4.78 is 16.6. The average molecular weight is 766 g/mol. The molecular weight excluding hydrogens is 679 g/mol. The summed E-state index contributed by atoms with van der Waals surface area (Å²) >= 11 is 0. The standard InChI is InChI=1S/C46H87NO7/c1-5-9-13-17-19-26-34-41(32-24-15-11-7-3)45(50)53-38-30-22-21-29-37-52-44(49)40-47-43(48)36-28-23-31-39-54-46(51)42(33-25-16-12-8-4)35-27-20-18-14-10-6-2/h41-42H,5-40H2,1-4H3,(H,47,48). The molecule has 0 bridgehead atoms. The first-order valence-corrected chi connectivity index (χ1v) is 23.1. The number of rotatable bonds is 41. The van der Waals surface area contributed by atoms with Crippen molar-refractivity contribution in [3.05, 3.63) is 0 Å². The third-order valence-electron chi connectivity index (χ3n) is 10.6. The van der Waals surface area contributed by atoms with Crippen LogP contribution >= 0.6 is 0 Å². The highest BCUT2D eigenvalue weighted by molar-refractivity contribution is 5.81.